The van der Waals surface area contributed by atoms with Crippen molar-refractivity contribution in [3.63, 3.8) is 0 Å². The van der Waals surface area contributed by atoms with Crippen LogP contribution < -0.4 is 5.32 Å². The van der Waals surface area contributed by atoms with E-state index >= 15 is 0 Å². The molecule has 0 aliphatic carbocycles. The van der Waals surface area contributed by atoms with Gasteiger partial charge in [0.05, 0.1) is 0 Å². The number of hydrogen-bond donors (Lipinski definition) is 2. The van der Waals surface area contributed by atoms with Crippen LogP contribution in [0, 0.1) is 12.8 Å². The number of nitrogens with one attached hydrogen (secondary N) is 2. The van der Waals surface area contributed by atoms with Crippen LogP contribution in [-0.2, 0) is 32.7 Å². The van der Waals surface area contributed by atoms with Crippen molar-refractivity contribution in [3.8, 4) is 0 Å². The standard InChI is InChI=1S/C2H5N2.CH3.Y/c1-4-2-3;;/h1H3,(H2,3,4);1H3;/q2*-1;. The van der Waals surface area contributed by atoms with Gasteiger partial charge in [-0.15, -0.1) is 0 Å². The van der Waals surface area contributed by atoms with Gasteiger partial charge in [-0.25, -0.2) is 0 Å². The van der Waals surface area contributed by atoms with Gasteiger partial charge in [0, 0.05) is 32.7 Å². The van der Waals surface area contributed by atoms with Crippen LogP contribution in [0.4, 0.5) is 0 Å². The first kappa shape index (κ1) is 16.0. The number of rotatable bonds is 1. The molecule has 0 rings (SSSR count). The molecule has 0 amide bonds. The Morgan fingerprint density at radius 2 is 1.83 bits per heavy atom. The van der Waals surface area contributed by atoms with Crippen LogP contribution in [0.25, 0.3) is 0 Å². The Morgan fingerprint density at radius 1 is 1.67 bits per heavy atom. The predicted molar refractivity (Wildman–Crippen MR) is 23.2 cm³/mol. The maximum absolute atomic E-state index is 6.09. The molecule has 3 heteroatoms. The van der Waals surface area contributed by atoms with Crippen molar-refractivity contribution >= 4 is 6.34 Å². The Labute approximate surface area is 64.1 Å². The molecular formula is C3H8N2Y-2. The summed E-state index contributed by atoms with van der Waals surface area (Å²) in [6.45, 7) is 0. The van der Waals surface area contributed by atoms with Crippen LogP contribution in [0.1, 0.15) is 0 Å². The van der Waals surface area contributed by atoms with E-state index in [1.165, 1.54) is 0 Å². The smallest absolute Gasteiger partial charge is 0 e. The van der Waals surface area contributed by atoms with Gasteiger partial charge in [-0.1, -0.05) is 0 Å². The summed E-state index contributed by atoms with van der Waals surface area (Å²) in [5, 5.41) is 8.44. The topological polar surface area (TPSA) is 35.9 Å². The second-order valence-corrected chi connectivity index (χ2v) is 0.375. The third-order valence-corrected chi connectivity index (χ3v) is 0.125. The van der Waals surface area contributed by atoms with Crippen molar-refractivity contribution in [2.75, 3.05) is 7.05 Å². The summed E-state index contributed by atoms with van der Waals surface area (Å²) in [7, 11) is 1.63. The molecule has 0 saturated carbocycles. The average Bonchev–Trinajstić information content (AvgIpc) is 1.37. The molecule has 0 aliphatic heterocycles. The molecule has 2 N–H and O–H groups in total. The molecule has 1 radical (unpaired) electrons. The normalized spacial score (nSPS) is 3.50. The minimum absolute atomic E-state index is 0. The zero-order chi connectivity index (χ0) is 3.41. The first-order valence-corrected chi connectivity index (χ1v) is 1.00. The van der Waals surface area contributed by atoms with Crippen LogP contribution in [0.15, 0.2) is 0 Å². The summed E-state index contributed by atoms with van der Waals surface area (Å²) in [4.78, 5) is 0. The molecule has 0 aromatic carbocycles. The molecule has 0 saturated heterocycles. The van der Waals surface area contributed by atoms with Crippen molar-refractivity contribution in [3.05, 3.63) is 7.43 Å². The molecule has 0 fully saturated rings. The summed E-state index contributed by atoms with van der Waals surface area (Å²) in [6, 6.07) is 0. The first-order chi connectivity index (χ1) is 1.91. The Kier molecular flexibility index (Phi) is 46.9. The van der Waals surface area contributed by atoms with E-state index in [0.29, 0.717) is 0 Å². The Bertz CT molecular complexity index is 22.8. The molecule has 0 spiro atoms. The van der Waals surface area contributed by atoms with Crippen molar-refractivity contribution in [2.24, 2.45) is 0 Å². The molecule has 2 nitrogen and oxygen atoms in total. The zero-order valence-corrected chi connectivity index (χ0v) is 6.92. The van der Waals surface area contributed by atoms with Crippen LogP contribution in [0.5, 0.6) is 0 Å². The third kappa shape index (κ3) is 23.6. The second-order valence-electron chi connectivity index (χ2n) is 0.375. The maximum Gasteiger partial charge on any atom is 0 e. The molecule has 0 heterocycles. The molecule has 0 unspecified atom stereocenters. The van der Waals surface area contributed by atoms with Crippen LogP contribution in [0.2, 0.25) is 0 Å². The fourth-order valence-electron chi connectivity index (χ4n) is 0. The first-order valence-electron chi connectivity index (χ1n) is 1.00. The van der Waals surface area contributed by atoms with Gasteiger partial charge >= 0.3 is 0 Å². The summed E-state index contributed by atoms with van der Waals surface area (Å²) in [6.07, 6.45) is 1.93. The van der Waals surface area contributed by atoms with Crippen LogP contribution in [0.3, 0.4) is 0 Å². The zero-order valence-electron chi connectivity index (χ0n) is 4.08. The van der Waals surface area contributed by atoms with Gasteiger partial charge in [0.15, 0.2) is 0 Å². The maximum atomic E-state index is 6.09. The van der Waals surface area contributed by atoms with Crippen LogP contribution >= 0.6 is 0 Å². The quantitative estimate of drug-likeness (QED) is 0.244. The van der Waals surface area contributed by atoms with Gasteiger partial charge in [0.2, 0.25) is 0 Å². The van der Waals surface area contributed by atoms with E-state index in [-0.39, 0.29) is 40.1 Å². The SMILES string of the molecule is CN[C-]=N.[CH3-].[Y]. The largest absolute Gasteiger partial charge is 0.553 e. The van der Waals surface area contributed by atoms with Gasteiger partial charge in [0.1, 0.15) is 0 Å². The summed E-state index contributed by atoms with van der Waals surface area (Å²) in [5.41, 5.74) is 0. The fraction of sp³-hybridized carbons (Fsp3) is 0.333. The predicted octanol–water partition coefficient (Wildman–Crippen LogP) is 0.138. The van der Waals surface area contributed by atoms with Gasteiger partial charge in [-0.3, -0.25) is 0 Å². The molecule has 0 bridgehead atoms. The van der Waals surface area contributed by atoms with Gasteiger partial charge < -0.3 is 24.5 Å². The molecule has 0 aromatic heterocycles. The number of hydrogen-bond acceptors (Lipinski definition) is 1. The minimum Gasteiger partial charge on any atom is -0.553 e. The molecule has 0 atom stereocenters. The second kappa shape index (κ2) is 17.6. The van der Waals surface area contributed by atoms with Crippen molar-refractivity contribution in [2.45, 2.75) is 0 Å². The van der Waals surface area contributed by atoms with Crippen molar-refractivity contribution in [1.82, 2.24) is 5.32 Å². The van der Waals surface area contributed by atoms with E-state index in [1.807, 2.05) is 6.34 Å². The molecule has 0 aromatic rings. The third-order valence-electron chi connectivity index (χ3n) is 0.125. The van der Waals surface area contributed by atoms with E-state index < -0.39 is 0 Å². The molecular weight excluding hydrogens is 153 g/mol. The van der Waals surface area contributed by atoms with Crippen molar-refractivity contribution in [1.29, 1.82) is 5.41 Å². The van der Waals surface area contributed by atoms with E-state index in [4.69, 9.17) is 5.41 Å². The van der Waals surface area contributed by atoms with E-state index in [9.17, 15) is 0 Å². The molecule has 6 heavy (non-hydrogen) atoms. The van der Waals surface area contributed by atoms with Crippen LogP contribution in [-0.4, -0.2) is 13.4 Å². The Morgan fingerprint density at radius 3 is 1.83 bits per heavy atom. The fourth-order valence-corrected chi connectivity index (χ4v) is 0. The van der Waals surface area contributed by atoms with Crippen molar-refractivity contribution < 1.29 is 32.7 Å². The molecule has 35 valence electrons. The van der Waals surface area contributed by atoms with Gasteiger partial charge in [-0.05, 0) is 7.05 Å². The van der Waals surface area contributed by atoms with E-state index in [0.717, 1.165) is 0 Å². The van der Waals surface area contributed by atoms with E-state index in [1.54, 1.807) is 7.05 Å². The Balaban J connectivity index is -0.0000000450. The molecule has 0 aliphatic rings. The summed E-state index contributed by atoms with van der Waals surface area (Å²) >= 11 is 0. The summed E-state index contributed by atoms with van der Waals surface area (Å²) < 4.78 is 0. The monoisotopic (exact) mass is 161 g/mol. The van der Waals surface area contributed by atoms with Gasteiger partial charge in [0.25, 0.3) is 0 Å². The summed E-state index contributed by atoms with van der Waals surface area (Å²) in [5.74, 6) is 0. The van der Waals surface area contributed by atoms with Gasteiger partial charge in [-0.2, -0.15) is 0 Å². The minimum atomic E-state index is 0. The Hall–Kier alpha value is 0.574. The van der Waals surface area contributed by atoms with E-state index in [2.05, 4.69) is 5.32 Å². The average molecular weight is 161 g/mol.